The normalized spacial score (nSPS) is 18.6. The van der Waals surface area contributed by atoms with Crippen LogP contribution in [0.3, 0.4) is 0 Å². The molecule has 1 aromatic rings. The van der Waals surface area contributed by atoms with E-state index >= 15 is 0 Å². The van der Waals surface area contributed by atoms with Crippen LogP contribution < -0.4 is 10.1 Å². The molecule has 23 heavy (non-hydrogen) atoms. The average molecular weight is 323 g/mol. The van der Waals surface area contributed by atoms with Gasteiger partial charge in [0.1, 0.15) is 6.04 Å². The van der Waals surface area contributed by atoms with E-state index in [0.29, 0.717) is 19.6 Å². The van der Waals surface area contributed by atoms with Gasteiger partial charge in [-0.2, -0.15) is 0 Å². The van der Waals surface area contributed by atoms with Crippen molar-refractivity contribution in [2.45, 2.75) is 12.5 Å². The Bertz CT molecular complexity index is 567. The van der Waals surface area contributed by atoms with Crippen molar-refractivity contribution < 1.29 is 18.7 Å². The molecule has 6 nitrogen and oxygen atoms in total. The molecule has 0 unspecified atom stereocenters. The fraction of sp³-hybridized carbons (Fsp3) is 0.500. The SMILES string of the molecule is CNC(=O)[C@@H]1CN(C(=O)CCOc2ccccc2F)CCN1C. The number of carbonyl (C=O) groups is 2. The predicted molar refractivity (Wildman–Crippen MR) is 83.6 cm³/mol. The number of amides is 2. The van der Waals surface area contributed by atoms with E-state index in [1.165, 1.54) is 12.1 Å². The Morgan fingerprint density at radius 2 is 2.09 bits per heavy atom. The maximum Gasteiger partial charge on any atom is 0.238 e. The fourth-order valence-corrected chi connectivity index (χ4v) is 2.52. The van der Waals surface area contributed by atoms with Gasteiger partial charge in [-0.25, -0.2) is 4.39 Å². The third-order valence-corrected chi connectivity index (χ3v) is 3.96. The molecular weight excluding hydrogens is 301 g/mol. The number of benzene rings is 1. The minimum atomic E-state index is -0.445. The molecule has 0 spiro atoms. The summed E-state index contributed by atoms with van der Waals surface area (Å²) in [6.45, 7) is 1.67. The quantitative estimate of drug-likeness (QED) is 0.856. The highest BCUT2D eigenvalue weighted by Crippen LogP contribution is 2.16. The lowest BCUT2D eigenvalue weighted by molar-refractivity contribution is -0.137. The Balaban J connectivity index is 1.83. The number of ether oxygens (including phenoxy) is 1. The molecule has 1 fully saturated rings. The monoisotopic (exact) mass is 323 g/mol. The van der Waals surface area contributed by atoms with Gasteiger partial charge in [0.15, 0.2) is 11.6 Å². The lowest BCUT2D eigenvalue weighted by atomic mass is 10.1. The molecular formula is C16H22FN3O3. The second-order valence-electron chi connectivity index (χ2n) is 5.48. The van der Waals surface area contributed by atoms with Crippen LogP contribution in [-0.2, 0) is 9.59 Å². The fourth-order valence-electron chi connectivity index (χ4n) is 2.52. The van der Waals surface area contributed by atoms with Crippen LogP contribution in [0.4, 0.5) is 4.39 Å². The summed E-state index contributed by atoms with van der Waals surface area (Å²) in [5.41, 5.74) is 0. The van der Waals surface area contributed by atoms with E-state index in [4.69, 9.17) is 4.74 Å². The Morgan fingerprint density at radius 1 is 1.35 bits per heavy atom. The Hall–Kier alpha value is -2.15. The largest absolute Gasteiger partial charge is 0.490 e. The second-order valence-corrected chi connectivity index (χ2v) is 5.48. The standard InChI is InChI=1S/C16H22FN3O3/c1-18-16(22)13-11-20(9-8-19(13)2)15(21)7-10-23-14-6-4-3-5-12(14)17/h3-6,13H,7-11H2,1-2H3,(H,18,22)/t13-/m0/s1. The lowest BCUT2D eigenvalue weighted by Crippen LogP contribution is -2.58. The van der Waals surface area contributed by atoms with Crippen LogP contribution in [0, 0.1) is 5.82 Å². The summed E-state index contributed by atoms with van der Waals surface area (Å²) >= 11 is 0. The van der Waals surface area contributed by atoms with Gasteiger partial charge in [0.2, 0.25) is 11.8 Å². The van der Waals surface area contributed by atoms with Gasteiger partial charge in [0, 0.05) is 26.7 Å². The van der Waals surface area contributed by atoms with Crippen molar-refractivity contribution in [3.05, 3.63) is 30.1 Å². The molecule has 126 valence electrons. The van der Waals surface area contributed by atoms with Gasteiger partial charge in [-0.1, -0.05) is 12.1 Å². The van der Waals surface area contributed by atoms with E-state index in [2.05, 4.69) is 5.32 Å². The first kappa shape index (κ1) is 17.2. The highest BCUT2D eigenvalue weighted by atomic mass is 19.1. The summed E-state index contributed by atoms with van der Waals surface area (Å²) in [5.74, 6) is -0.503. The van der Waals surface area contributed by atoms with Crippen LogP contribution in [0.2, 0.25) is 0 Å². The summed E-state index contributed by atoms with van der Waals surface area (Å²) in [4.78, 5) is 27.6. The third-order valence-electron chi connectivity index (χ3n) is 3.96. The third kappa shape index (κ3) is 4.41. The number of piperazine rings is 1. The van der Waals surface area contributed by atoms with Crippen molar-refractivity contribution in [2.24, 2.45) is 0 Å². The van der Waals surface area contributed by atoms with Crippen LogP contribution in [0.25, 0.3) is 0 Å². The van der Waals surface area contributed by atoms with Crippen molar-refractivity contribution in [1.82, 2.24) is 15.1 Å². The van der Waals surface area contributed by atoms with Crippen molar-refractivity contribution in [3.8, 4) is 5.75 Å². The van der Waals surface area contributed by atoms with Crippen LogP contribution in [0.1, 0.15) is 6.42 Å². The van der Waals surface area contributed by atoms with E-state index < -0.39 is 5.82 Å². The molecule has 0 aliphatic carbocycles. The number of hydrogen-bond acceptors (Lipinski definition) is 4. The number of likely N-dealkylation sites (N-methyl/N-ethyl adjacent to an activating group) is 2. The molecule has 1 N–H and O–H groups in total. The van der Waals surface area contributed by atoms with Gasteiger partial charge in [-0.3, -0.25) is 14.5 Å². The van der Waals surface area contributed by atoms with Crippen molar-refractivity contribution in [1.29, 1.82) is 0 Å². The summed E-state index contributed by atoms with van der Waals surface area (Å²) < 4.78 is 18.7. The van der Waals surface area contributed by atoms with Gasteiger partial charge < -0.3 is 15.0 Å². The van der Waals surface area contributed by atoms with Crippen LogP contribution in [-0.4, -0.2) is 68.0 Å². The Morgan fingerprint density at radius 3 is 2.78 bits per heavy atom. The number of para-hydroxylation sites is 1. The summed E-state index contributed by atoms with van der Waals surface area (Å²) in [6.07, 6.45) is 0.151. The number of nitrogens with zero attached hydrogens (tertiary/aromatic N) is 2. The van der Waals surface area contributed by atoms with E-state index in [-0.39, 0.29) is 36.6 Å². The summed E-state index contributed by atoms with van der Waals surface area (Å²) in [5, 5.41) is 2.61. The van der Waals surface area contributed by atoms with E-state index in [0.717, 1.165) is 0 Å². The topological polar surface area (TPSA) is 61.9 Å². The van der Waals surface area contributed by atoms with Gasteiger partial charge in [-0.15, -0.1) is 0 Å². The average Bonchev–Trinajstić information content (AvgIpc) is 2.56. The predicted octanol–water partition coefficient (Wildman–Crippen LogP) is 0.483. The molecule has 0 aromatic heterocycles. The number of rotatable bonds is 5. The van der Waals surface area contributed by atoms with Gasteiger partial charge in [0.05, 0.1) is 13.0 Å². The highest BCUT2D eigenvalue weighted by molar-refractivity contribution is 5.83. The molecule has 1 aliphatic rings. The summed E-state index contributed by atoms with van der Waals surface area (Å²) in [6, 6.07) is 5.75. The number of halogens is 1. The maximum atomic E-state index is 13.4. The maximum absolute atomic E-state index is 13.4. The highest BCUT2D eigenvalue weighted by Gasteiger charge is 2.31. The lowest BCUT2D eigenvalue weighted by Gasteiger charge is -2.38. The summed E-state index contributed by atoms with van der Waals surface area (Å²) in [7, 11) is 3.45. The molecule has 0 radical (unpaired) electrons. The first-order valence-electron chi connectivity index (χ1n) is 7.60. The minimum absolute atomic E-state index is 0.0941. The number of nitrogens with one attached hydrogen (secondary N) is 1. The van der Waals surface area contributed by atoms with E-state index in [1.807, 2.05) is 11.9 Å². The molecule has 2 rings (SSSR count). The molecule has 2 amide bonds. The zero-order valence-corrected chi connectivity index (χ0v) is 13.4. The first-order chi connectivity index (χ1) is 11.0. The molecule has 1 aromatic carbocycles. The number of hydrogen-bond donors (Lipinski definition) is 1. The Labute approximate surface area is 135 Å². The van der Waals surface area contributed by atoms with Gasteiger partial charge in [-0.05, 0) is 19.2 Å². The molecule has 0 saturated carbocycles. The zero-order chi connectivity index (χ0) is 16.8. The van der Waals surface area contributed by atoms with Crippen molar-refractivity contribution in [3.63, 3.8) is 0 Å². The van der Waals surface area contributed by atoms with E-state index in [9.17, 15) is 14.0 Å². The number of carbonyl (C=O) groups excluding carboxylic acids is 2. The first-order valence-corrected chi connectivity index (χ1v) is 7.60. The molecule has 7 heteroatoms. The van der Waals surface area contributed by atoms with Crippen LogP contribution >= 0.6 is 0 Å². The molecule has 1 atom stereocenters. The van der Waals surface area contributed by atoms with E-state index in [1.54, 1.807) is 24.1 Å². The molecule has 0 bridgehead atoms. The van der Waals surface area contributed by atoms with Gasteiger partial charge >= 0.3 is 0 Å². The van der Waals surface area contributed by atoms with Crippen LogP contribution in [0.15, 0.2) is 24.3 Å². The van der Waals surface area contributed by atoms with Gasteiger partial charge in [0.25, 0.3) is 0 Å². The smallest absolute Gasteiger partial charge is 0.238 e. The molecule has 1 aliphatic heterocycles. The second kappa shape index (κ2) is 7.92. The zero-order valence-electron chi connectivity index (χ0n) is 13.4. The minimum Gasteiger partial charge on any atom is -0.490 e. The Kier molecular flexibility index (Phi) is 5.92. The molecule has 1 saturated heterocycles. The van der Waals surface area contributed by atoms with Crippen molar-refractivity contribution in [2.75, 3.05) is 40.3 Å². The van der Waals surface area contributed by atoms with Crippen molar-refractivity contribution >= 4 is 11.8 Å². The molecule has 1 heterocycles. The van der Waals surface area contributed by atoms with Crippen LogP contribution in [0.5, 0.6) is 5.75 Å².